The lowest BCUT2D eigenvalue weighted by molar-refractivity contribution is 0.0323. The molecule has 5 unspecified atom stereocenters. The van der Waals surface area contributed by atoms with Crippen LogP contribution >= 0.6 is 0 Å². The molecular formula is C22H32O3. The Morgan fingerprint density at radius 2 is 1.72 bits per heavy atom. The normalized spacial score (nSPS) is 33.3. The molecule has 0 heterocycles. The maximum Gasteiger partial charge on any atom is 0.508 e. The van der Waals surface area contributed by atoms with Gasteiger partial charge in [-0.15, -0.1) is 0 Å². The molecule has 0 aliphatic heterocycles. The molecule has 4 aliphatic carbocycles. The van der Waals surface area contributed by atoms with Crippen LogP contribution in [0.25, 0.3) is 0 Å². The van der Waals surface area contributed by atoms with Crippen molar-refractivity contribution in [2.24, 2.45) is 23.7 Å². The Bertz CT molecular complexity index is 562. The average molecular weight is 344 g/mol. The quantitative estimate of drug-likeness (QED) is 0.317. The van der Waals surface area contributed by atoms with E-state index in [4.69, 9.17) is 9.47 Å². The van der Waals surface area contributed by atoms with Crippen molar-refractivity contribution in [1.29, 1.82) is 0 Å². The van der Waals surface area contributed by atoms with Crippen LogP contribution in [-0.2, 0) is 9.47 Å². The number of rotatable bonds is 8. The van der Waals surface area contributed by atoms with E-state index in [9.17, 15) is 4.79 Å². The van der Waals surface area contributed by atoms with Crippen molar-refractivity contribution in [2.75, 3.05) is 7.11 Å². The fourth-order valence-corrected chi connectivity index (χ4v) is 5.76. The Hall–Kier alpha value is -1.25. The molecule has 138 valence electrons. The van der Waals surface area contributed by atoms with E-state index >= 15 is 0 Å². The molecule has 4 rings (SSSR count). The smallest absolute Gasteiger partial charge is 0.438 e. The molecule has 5 atom stereocenters. The van der Waals surface area contributed by atoms with E-state index < -0.39 is 6.16 Å². The molecule has 4 aliphatic rings. The molecule has 0 amide bonds. The Morgan fingerprint density at radius 3 is 2.28 bits per heavy atom. The first-order valence-electron chi connectivity index (χ1n) is 10.4. The fraction of sp³-hybridized carbons (Fsp3) is 0.773. The number of carbonyl (C=O) groups excluding carboxylic acids is 1. The predicted molar refractivity (Wildman–Crippen MR) is 98.2 cm³/mol. The molecule has 3 heteroatoms. The van der Waals surface area contributed by atoms with Gasteiger partial charge in [-0.2, -0.15) is 0 Å². The van der Waals surface area contributed by atoms with Crippen molar-refractivity contribution < 1.29 is 14.3 Å². The summed E-state index contributed by atoms with van der Waals surface area (Å²) in [5, 5.41) is 0. The third kappa shape index (κ3) is 3.96. The van der Waals surface area contributed by atoms with E-state index in [-0.39, 0.29) is 6.10 Å². The third-order valence-electron chi connectivity index (χ3n) is 7.03. The van der Waals surface area contributed by atoms with Crippen LogP contribution < -0.4 is 0 Å². The van der Waals surface area contributed by atoms with Gasteiger partial charge in [0.1, 0.15) is 6.10 Å². The minimum absolute atomic E-state index is 0.00735. The lowest BCUT2D eigenvalue weighted by Crippen LogP contribution is -2.20. The molecule has 0 N–H and O–H groups in total. The predicted octanol–water partition coefficient (Wildman–Crippen LogP) is 5.80. The highest BCUT2D eigenvalue weighted by Crippen LogP contribution is 2.46. The first-order valence-corrected chi connectivity index (χ1v) is 10.4. The summed E-state index contributed by atoms with van der Waals surface area (Å²) in [6.07, 6.45) is 18.2. The second-order valence-corrected chi connectivity index (χ2v) is 8.67. The number of hydrogen-bond donors (Lipinski definition) is 0. The summed E-state index contributed by atoms with van der Waals surface area (Å²) in [6.45, 7) is 0. The number of fused-ring (bicyclic) bond motifs is 4. The zero-order valence-electron chi connectivity index (χ0n) is 15.5. The van der Waals surface area contributed by atoms with Gasteiger partial charge in [0.25, 0.3) is 0 Å². The lowest BCUT2D eigenvalue weighted by atomic mass is 9.91. The van der Waals surface area contributed by atoms with Crippen LogP contribution in [-0.4, -0.2) is 19.4 Å². The molecular weight excluding hydrogens is 312 g/mol. The van der Waals surface area contributed by atoms with Gasteiger partial charge in [-0.1, -0.05) is 23.3 Å². The third-order valence-corrected chi connectivity index (χ3v) is 7.03. The van der Waals surface area contributed by atoms with Crippen LogP contribution in [0.1, 0.15) is 70.6 Å². The monoisotopic (exact) mass is 344 g/mol. The van der Waals surface area contributed by atoms with Crippen molar-refractivity contribution >= 4 is 6.16 Å². The van der Waals surface area contributed by atoms with E-state index in [2.05, 4.69) is 12.2 Å². The highest BCUT2D eigenvalue weighted by Gasteiger charge is 2.34. The van der Waals surface area contributed by atoms with E-state index in [0.29, 0.717) is 0 Å². The number of allylic oxidation sites excluding steroid dienone is 3. The van der Waals surface area contributed by atoms with Crippen molar-refractivity contribution in [3.05, 3.63) is 23.3 Å². The maximum absolute atomic E-state index is 11.6. The number of unbranched alkanes of at least 4 members (excludes halogenated alkanes) is 1. The summed E-state index contributed by atoms with van der Waals surface area (Å²) >= 11 is 0. The van der Waals surface area contributed by atoms with Crippen LogP contribution in [0.5, 0.6) is 0 Å². The summed E-state index contributed by atoms with van der Waals surface area (Å²) in [4.78, 5) is 11.6. The van der Waals surface area contributed by atoms with Crippen LogP contribution in [0.2, 0.25) is 0 Å². The highest BCUT2D eigenvalue weighted by molar-refractivity contribution is 5.59. The van der Waals surface area contributed by atoms with Crippen molar-refractivity contribution in [2.45, 2.75) is 76.7 Å². The van der Waals surface area contributed by atoms with Crippen LogP contribution in [0, 0.1) is 23.7 Å². The van der Waals surface area contributed by atoms with E-state index in [1.807, 2.05) is 0 Å². The molecule has 4 bridgehead atoms. The Balaban J connectivity index is 1.24. The van der Waals surface area contributed by atoms with Gasteiger partial charge in [-0.3, -0.25) is 0 Å². The molecule has 2 fully saturated rings. The zero-order valence-corrected chi connectivity index (χ0v) is 15.5. The van der Waals surface area contributed by atoms with Gasteiger partial charge in [0, 0.05) is 6.42 Å². The first kappa shape index (κ1) is 17.2. The molecule has 25 heavy (non-hydrogen) atoms. The second-order valence-electron chi connectivity index (χ2n) is 8.67. The van der Waals surface area contributed by atoms with Crippen molar-refractivity contribution in [1.82, 2.24) is 0 Å². The van der Waals surface area contributed by atoms with Crippen LogP contribution in [0.3, 0.4) is 0 Å². The Morgan fingerprint density at radius 1 is 1.04 bits per heavy atom. The van der Waals surface area contributed by atoms with Gasteiger partial charge in [0.15, 0.2) is 0 Å². The van der Waals surface area contributed by atoms with E-state index in [1.165, 1.54) is 58.5 Å². The largest absolute Gasteiger partial charge is 0.508 e. The van der Waals surface area contributed by atoms with E-state index in [1.54, 1.807) is 11.1 Å². The standard InChI is InChI=1S/C22H32O3/c1-24-22(23)25-21(14-20-13-16-7-9-19(20)12-16)5-3-2-4-17-10-15-6-8-18(17)11-15/h10,13,15-16,18-19,21H,2-9,11-12,14H2,1H3. The molecule has 3 nitrogen and oxygen atoms in total. The van der Waals surface area contributed by atoms with Crippen molar-refractivity contribution in [3.8, 4) is 0 Å². The number of ether oxygens (including phenoxy) is 2. The molecule has 0 aromatic heterocycles. The first-order chi connectivity index (χ1) is 12.2. The van der Waals surface area contributed by atoms with Gasteiger partial charge >= 0.3 is 6.16 Å². The lowest BCUT2D eigenvalue weighted by Gasteiger charge is -2.21. The van der Waals surface area contributed by atoms with Gasteiger partial charge < -0.3 is 9.47 Å². The van der Waals surface area contributed by atoms with Crippen LogP contribution in [0.15, 0.2) is 23.3 Å². The minimum Gasteiger partial charge on any atom is -0.438 e. The fourth-order valence-electron chi connectivity index (χ4n) is 5.76. The molecule has 0 aromatic rings. The molecule has 0 spiro atoms. The summed E-state index contributed by atoms with van der Waals surface area (Å²) < 4.78 is 10.3. The SMILES string of the molecule is COC(=O)OC(CCCCC1=CC2CCC1C2)CC1=CC2CCC1C2. The molecule has 0 aromatic carbocycles. The summed E-state index contributed by atoms with van der Waals surface area (Å²) in [7, 11) is 1.40. The van der Waals surface area contributed by atoms with Gasteiger partial charge in [-0.25, -0.2) is 4.79 Å². The Labute approximate surface area is 151 Å². The van der Waals surface area contributed by atoms with Crippen LogP contribution in [0.4, 0.5) is 4.79 Å². The Kier molecular flexibility index (Phi) is 5.19. The summed E-state index contributed by atoms with van der Waals surface area (Å²) in [5.74, 6) is 3.34. The molecule has 0 radical (unpaired) electrons. The second kappa shape index (κ2) is 7.55. The molecule has 2 saturated carbocycles. The average Bonchev–Trinajstić information content (AvgIpc) is 3.39. The highest BCUT2D eigenvalue weighted by atomic mass is 16.7. The topological polar surface area (TPSA) is 35.5 Å². The zero-order chi connectivity index (χ0) is 17.2. The summed E-state index contributed by atoms with van der Waals surface area (Å²) in [6, 6.07) is 0. The van der Waals surface area contributed by atoms with E-state index in [0.717, 1.165) is 42.9 Å². The molecule has 0 saturated heterocycles. The van der Waals surface area contributed by atoms with Gasteiger partial charge in [0.05, 0.1) is 7.11 Å². The number of carbonyl (C=O) groups is 1. The summed E-state index contributed by atoms with van der Waals surface area (Å²) in [5.41, 5.74) is 3.26. The number of hydrogen-bond acceptors (Lipinski definition) is 3. The minimum atomic E-state index is -0.524. The van der Waals surface area contributed by atoms with Gasteiger partial charge in [0.2, 0.25) is 0 Å². The number of methoxy groups -OCH3 is 1. The van der Waals surface area contributed by atoms with Crippen molar-refractivity contribution in [3.63, 3.8) is 0 Å². The maximum atomic E-state index is 11.6. The van der Waals surface area contributed by atoms with Gasteiger partial charge in [-0.05, 0) is 87.9 Å².